The standard InChI is InChI=1S/2C11H17.2ClH.Hf/c2*1-8(2)10-6-5-7-11(10)9(3)4;;;/h2*6,8-9H,5H2,1-4H3;2*1H;/q2*-1;;;+4/p-2. The minimum atomic E-state index is 0. The molecule has 0 aromatic heterocycles. The molecule has 0 fully saturated rings. The van der Waals surface area contributed by atoms with E-state index >= 15 is 0 Å². The molecule has 0 bridgehead atoms. The first-order valence-corrected chi connectivity index (χ1v) is 8.87. The Kier molecular flexibility index (Phi) is 17.4. The van der Waals surface area contributed by atoms with Crippen LogP contribution < -0.4 is 24.8 Å². The summed E-state index contributed by atoms with van der Waals surface area (Å²) in [6.07, 6.45) is 13.5. The second kappa shape index (κ2) is 14.5. The van der Waals surface area contributed by atoms with Crippen molar-refractivity contribution in [3.63, 3.8) is 0 Å². The summed E-state index contributed by atoms with van der Waals surface area (Å²) in [4.78, 5) is 0. The van der Waals surface area contributed by atoms with Gasteiger partial charge >= 0.3 is 25.8 Å². The van der Waals surface area contributed by atoms with Crippen molar-refractivity contribution in [2.45, 2.75) is 68.2 Å². The normalized spacial score (nSPS) is 15.5. The van der Waals surface area contributed by atoms with Crippen molar-refractivity contribution in [2.75, 3.05) is 0 Å². The number of hydrogen-bond donors (Lipinski definition) is 0. The van der Waals surface area contributed by atoms with Gasteiger partial charge < -0.3 is 24.8 Å². The summed E-state index contributed by atoms with van der Waals surface area (Å²) < 4.78 is 0. The van der Waals surface area contributed by atoms with E-state index in [-0.39, 0.29) is 50.7 Å². The van der Waals surface area contributed by atoms with Gasteiger partial charge in [0.05, 0.1) is 0 Å². The Hall–Kier alpha value is 0.410. The molecule has 0 N–H and O–H groups in total. The zero-order chi connectivity index (χ0) is 16.9. The van der Waals surface area contributed by atoms with Gasteiger partial charge in [-0.2, -0.15) is 23.3 Å². The molecule has 0 unspecified atom stereocenters. The first-order chi connectivity index (χ1) is 10.3. The molecule has 0 aromatic carbocycles. The van der Waals surface area contributed by atoms with E-state index in [0.29, 0.717) is 23.7 Å². The molecule has 0 saturated carbocycles. The molecule has 0 saturated heterocycles. The van der Waals surface area contributed by atoms with Crippen LogP contribution in [0.15, 0.2) is 34.4 Å². The zero-order valence-electron chi connectivity index (χ0n) is 17.1. The van der Waals surface area contributed by atoms with Gasteiger partial charge in [-0.15, -0.1) is 12.8 Å². The number of allylic oxidation sites excluding steroid dienone is 8. The van der Waals surface area contributed by atoms with E-state index in [2.05, 4.69) is 79.7 Å². The third-order valence-electron chi connectivity index (χ3n) is 4.25. The predicted octanol–water partition coefficient (Wildman–Crippen LogP) is 0.722. The molecule has 0 nitrogen and oxygen atoms in total. The van der Waals surface area contributed by atoms with Gasteiger partial charge in [0.15, 0.2) is 0 Å². The number of rotatable bonds is 4. The second-order valence-corrected chi connectivity index (χ2v) is 7.53. The summed E-state index contributed by atoms with van der Waals surface area (Å²) in [5.41, 5.74) is 5.92. The van der Waals surface area contributed by atoms with Gasteiger partial charge in [-0.05, 0) is 0 Å². The van der Waals surface area contributed by atoms with Gasteiger partial charge in [0.1, 0.15) is 0 Å². The van der Waals surface area contributed by atoms with E-state index in [1.807, 2.05) is 0 Å². The van der Waals surface area contributed by atoms with Crippen LogP contribution in [0.25, 0.3) is 0 Å². The van der Waals surface area contributed by atoms with E-state index in [4.69, 9.17) is 0 Å². The van der Waals surface area contributed by atoms with Gasteiger partial charge in [-0.3, -0.25) is 12.2 Å². The molecule has 140 valence electrons. The van der Waals surface area contributed by atoms with Crippen molar-refractivity contribution >= 4 is 0 Å². The van der Waals surface area contributed by atoms with Crippen LogP contribution in [0.2, 0.25) is 0 Å². The Bertz CT molecular complexity index is 402. The fraction of sp³-hybridized carbons (Fsp3) is 0.636. The van der Waals surface area contributed by atoms with E-state index in [1.54, 1.807) is 0 Å². The molecule has 2 aliphatic carbocycles. The summed E-state index contributed by atoms with van der Waals surface area (Å²) in [5, 5.41) is 0. The molecule has 0 radical (unpaired) electrons. The van der Waals surface area contributed by atoms with Gasteiger partial charge in [-0.25, -0.2) is 11.1 Å². The van der Waals surface area contributed by atoms with Gasteiger partial charge in [0, 0.05) is 0 Å². The third-order valence-corrected chi connectivity index (χ3v) is 4.25. The van der Waals surface area contributed by atoms with Crippen molar-refractivity contribution in [3.05, 3.63) is 46.6 Å². The van der Waals surface area contributed by atoms with Crippen LogP contribution in [0.3, 0.4) is 0 Å². The maximum atomic E-state index is 3.41. The fourth-order valence-electron chi connectivity index (χ4n) is 3.13. The molecule has 0 aromatic rings. The number of hydrogen-bond acceptors (Lipinski definition) is 0. The average Bonchev–Trinajstić information content (AvgIpc) is 3.08. The molecule has 0 spiro atoms. The Morgan fingerprint density at radius 2 is 0.880 bits per heavy atom. The molecule has 3 heteroatoms. The second-order valence-electron chi connectivity index (χ2n) is 7.53. The Labute approximate surface area is 188 Å². The van der Waals surface area contributed by atoms with Crippen LogP contribution in [0.1, 0.15) is 68.2 Å². The van der Waals surface area contributed by atoms with Crippen molar-refractivity contribution in [3.8, 4) is 0 Å². The Morgan fingerprint density at radius 1 is 0.600 bits per heavy atom. The molecular weight excluding hydrogens is 514 g/mol. The molecule has 25 heavy (non-hydrogen) atoms. The van der Waals surface area contributed by atoms with Crippen molar-refractivity contribution in [1.82, 2.24) is 0 Å². The third kappa shape index (κ3) is 9.25. The van der Waals surface area contributed by atoms with Crippen LogP contribution in [-0.4, -0.2) is 0 Å². The summed E-state index contributed by atoms with van der Waals surface area (Å²) in [6.45, 7) is 18.0. The summed E-state index contributed by atoms with van der Waals surface area (Å²) in [5.74, 6) is 2.63. The minimum absolute atomic E-state index is 0. The Morgan fingerprint density at radius 3 is 1.04 bits per heavy atom. The van der Waals surface area contributed by atoms with Crippen molar-refractivity contribution in [2.24, 2.45) is 23.7 Å². The van der Waals surface area contributed by atoms with Crippen LogP contribution >= 0.6 is 0 Å². The van der Waals surface area contributed by atoms with Gasteiger partial charge in [0.25, 0.3) is 0 Å². The quantitative estimate of drug-likeness (QED) is 0.360. The van der Waals surface area contributed by atoms with E-state index in [1.165, 1.54) is 22.3 Å². The van der Waals surface area contributed by atoms with Crippen LogP contribution in [0, 0.1) is 35.8 Å². The van der Waals surface area contributed by atoms with E-state index in [0.717, 1.165) is 12.8 Å². The topological polar surface area (TPSA) is 0 Å². The molecule has 0 aliphatic heterocycles. The molecule has 2 rings (SSSR count). The predicted molar refractivity (Wildman–Crippen MR) is 98.3 cm³/mol. The first kappa shape index (κ1) is 30.1. The Balaban J connectivity index is -0.000000346. The SMILES string of the molecule is CC(C)C1=[C-]CC=C1C(C)C.CC(C)C1=[C-]CC=C1C(C)C.[Cl-].[Cl-].[Hf+4]. The van der Waals surface area contributed by atoms with Gasteiger partial charge in [-0.1, -0.05) is 79.1 Å². The summed E-state index contributed by atoms with van der Waals surface area (Å²) in [6, 6.07) is 0. The van der Waals surface area contributed by atoms with Crippen molar-refractivity contribution < 1.29 is 50.7 Å². The van der Waals surface area contributed by atoms with Gasteiger partial charge in [0.2, 0.25) is 0 Å². The molecule has 0 atom stereocenters. The maximum absolute atomic E-state index is 3.41. The summed E-state index contributed by atoms with van der Waals surface area (Å²) in [7, 11) is 0. The molecular formula is C22H34Cl2Hf. The fourth-order valence-corrected chi connectivity index (χ4v) is 3.13. The van der Waals surface area contributed by atoms with E-state index in [9.17, 15) is 0 Å². The van der Waals surface area contributed by atoms with E-state index < -0.39 is 0 Å². The van der Waals surface area contributed by atoms with Crippen LogP contribution in [0.5, 0.6) is 0 Å². The zero-order valence-corrected chi connectivity index (χ0v) is 22.2. The number of halogens is 2. The molecule has 2 aliphatic rings. The average molecular weight is 548 g/mol. The van der Waals surface area contributed by atoms with Crippen LogP contribution in [-0.2, 0) is 25.8 Å². The van der Waals surface area contributed by atoms with Crippen LogP contribution in [0.4, 0.5) is 0 Å². The van der Waals surface area contributed by atoms with Crippen molar-refractivity contribution in [1.29, 1.82) is 0 Å². The smallest absolute Gasteiger partial charge is 1.00 e. The first-order valence-electron chi connectivity index (χ1n) is 8.87. The maximum Gasteiger partial charge on any atom is 4.00 e. The molecule has 0 amide bonds. The monoisotopic (exact) mass is 548 g/mol. The molecule has 0 heterocycles. The minimum Gasteiger partial charge on any atom is -1.00 e. The summed E-state index contributed by atoms with van der Waals surface area (Å²) >= 11 is 0. The largest absolute Gasteiger partial charge is 4.00 e.